The third kappa shape index (κ3) is 3.52. The highest BCUT2D eigenvalue weighted by molar-refractivity contribution is 7.98. The lowest BCUT2D eigenvalue weighted by molar-refractivity contribution is -0.385. The van der Waals surface area contributed by atoms with Gasteiger partial charge < -0.3 is 9.47 Å². The number of nitro benzene ring substituents is 1. The van der Waals surface area contributed by atoms with Gasteiger partial charge in [-0.15, -0.1) is 11.3 Å². The number of thioether (sulfide) groups is 1. The van der Waals surface area contributed by atoms with E-state index in [2.05, 4.69) is 0 Å². The Bertz CT molecular complexity index is 1190. The van der Waals surface area contributed by atoms with Crippen LogP contribution in [0.3, 0.4) is 0 Å². The van der Waals surface area contributed by atoms with Gasteiger partial charge in [-0.05, 0) is 26.3 Å². The summed E-state index contributed by atoms with van der Waals surface area (Å²) in [4.78, 5) is 30.4. The van der Waals surface area contributed by atoms with Crippen molar-refractivity contribution in [2.75, 3.05) is 6.79 Å². The van der Waals surface area contributed by atoms with Crippen molar-refractivity contribution in [1.29, 1.82) is 0 Å². The topological polar surface area (TPSA) is 96.5 Å². The Morgan fingerprint density at radius 3 is 2.90 bits per heavy atom. The standard InChI is InChI=1S/C19H19N3O5S2/c1-4-21-18(23)15-10(2)11(3)29-17(15)20-19(21)28-8-13-6-14(22(24)25)5-12-7-26-9-27-16(12)13/h5-6H,4,7-9H2,1-3H3. The van der Waals surface area contributed by atoms with Crippen LogP contribution in [0.2, 0.25) is 0 Å². The van der Waals surface area contributed by atoms with Gasteiger partial charge in [0.15, 0.2) is 11.9 Å². The van der Waals surface area contributed by atoms with Crippen molar-refractivity contribution in [3.05, 3.63) is 54.2 Å². The van der Waals surface area contributed by atoms with Crippen LogP contribution >= 0.6 is 23.1 Å². The highest BCUT2D eigenvalue weighted by Gasteiger charge is 2.22. The van der Waals surface area contributed by atoms with E-state index in [1.807, 2.05) is 20.8 Å². The predicted molar refractivity (Wildman–Crippen MR) is 112 cm³/mol. The first-order valence-corrected chi connectivity index (χ1v) is 10.8. The summed E-state index contributed by atoms with van der Waals surface area (Å²) >= 11 is 2.89. The zero-order valence-electron chi connectivity index (χ0n) is 16.2. The van der Waals surface area contributed by atoms with Gasteiger partial charge in [-0.25, -0.2) is 4.98 Å². The fraction of sp³-hybridized carbons (Fsp3) is 0.368. The molecule has 0 unspecified atom stereocenters. The lowest BCUT2D eigenvalue weighted by atomic mass is 10.1. The van der Waals surface area contributed by atoms with Gasteiger partial charge in [-0.3, -0.25) is 19.5 Å². The van der Waals surface area contributed by atoms with Gasteiger partial charge in [0.2, 0.25) is 0 Å². The van der Waals surface area contributed by atoms with Gasteiger partial charge in [-0.1, -0.05) is 11.8 Å². The largest absolute Gasteiger partial charge is 0.467 e. The number of fused-ring (bicyclic) bond motifs is 2. The summed E-state index contributed by atoms with van der Waals surface area (Å²) in [6, 6.07) is 3.00. The maximum absolute atomic E-state index is 13.0. The number of aryl methyl sites for hydroxylation is 2. The molecule has 29 heavy (non-hydrogen) atoms. The molecule has 1 aliphatic heterocycles. The molecule has 4 rings (SSSR count). The fourth-order valence-corrected chi connectivity index (χ4v) is 5.43. The number of nitrogens with zero attached hydrogens (tertiary/aromatic N) is 3. The highest BCUT2D eigenvalue weighted by Crippen LogP contribution is 2.36. The van der Waals surface area contributed by atoms with Gasteiger partial charge in [0.1, 0.15) is 10.6 Å². The average Bonchev–Trinajstić information content (AvgIpc) is 2.99. The van der Waals surface area contributed by atoms with E-state index in [1.54, 1.807) is 4.57 Å². The molecule has 1 aliphatic rings. The SMILES string of the molecule is CCn1c(SCc2cc([N+](=O)[O-])cc3c2OCOC3)nc2sc(C)c(C)c2c1=O. The molecule has 0 radical (unpaired) electrons. The number of aromatic nitrogens is 2. The average molecular weight is 434 g/mol. The molecule has 0 atom stereocenters. The first kappa shape index (κ1) is 19.9. The van der Waals surface area contributed by atoms with Crippen LogP contribution in [0.25, 0.3) is 10.2 Å². The summed E-state index contributed by atoms with van der Waals surface area (Å²) in [5, 5.41) is 12.6. The molecular formula is C19H19N3O5S2. The van der Waals surface area contributed by atoms with Gasteiger partial charge in [0.05, 0.1) is 16.9 Å². The van der Waals surface area contributed by atoms with E-state index in [9.17, 15) is 14.9 Å². The zero-order valence-corrected chi connectivity index (χ0v) is 17.8. The molecule has 3 aromatic rings. The number of non-ortho nitro benzene ring substituents is 1. The molecule has 0 bridgehead atoms. The third-order valence-corrected chi connectivity index (χ3v) is 7.04. The normalized spacial score (nSPS) is 13.3. The number of rotatable bonds is 5. The van der Waals surface area contributed by atoms with E-state index in [-0.39, 0.29) is 24.6 Å². The fourth-order valence-electron chi connectivity index (χ4n) is 3.33. The van der Waals surface area contributed by atoms with Gasteiger partial charge in [-0.2, -0.15) is 0 Å². The van der Waals surface area contributed by atoms with Crippen molar-refractivity contribution in [2.24, 2.45) is 0 Å². The van der Waals surface area contributed by atoms with Crippen LogP contribution in [0, 0.1) is 24.0 Å². The molecule has 0 fully saturated rings. The van der Waals surface area contributed by atoms with E-state index in [0.717, 1.165) is 15.3 Å². The Morgan fingerprint density at radius 1 is 1.38 bits per heavy atom. The van der Waals surface area contributed by atoms with Crippen molar-refractivity contribution in [2.45, 2.75) is 44.8 Å². The number of nitro groups is 1. The maximum Gasteiger partial charge on any atom is 0.270 e. The molecule has 3 heterocycles. The van der Waals surface area contributed by atoms with E-state index in [4.69, 9.17) is 14.5 Å². The molecule has 10 heteroatoms. The Hall–Kier alpha value is -2.43. The van der Waals surface area contributed by atoms with E-state index >= 15 is 0 Å². The molecule has 152 valence electrons. The number of hydrogen-bond acceptors (Lipinski definition) is 8. The first-order chi connectivity index (χ1) is 13.9. The Morgan fingerprint density at radius 2 is 2.17 bits per heavy atom. The molecular weight excluding hydrogens is 414 g/mol. The van der Waals surface area contributed by atoms with Crippen LogP contribution < -0.4 is 10.3 Å². The number of ether oxygens (including phenoxy) is 2. The van der Waals surface area contributed by atoms with Crippen LogP contribution in [0.1, 0.15) is 28.5 Å². The minimum atomic E-state index is -0.424. The van der Waals surface area contributed by atoms with Crippen LogP contribution in [0.15, 0.2) is 22.1 Å². The molecule has 0 saturated heterocycles. The van der Waals surface area contributed by atoms with Gasteiger partial charge in [0.25, 0.3) is 11.2 Å². The van der Waals surface area contributed by atoms with Crippen LogP contribution in [-0.2, 0) is 23.6 Å². The molecule has 0 amide bonds. The zero-order chi connectivity index (χ0) is 20.7. The van der Waals surface area contributed by atoms with Crippen molar-refractivity contribution < 1.29 is 14.4 Å². The molecule has 0 saturated carbocycles. The lowest BCUT2D eigenvalue weighted by Crippen LogP contribution is -2.22. The van der Waals surface area contributed by atoms with Crippen molar-refractivity contribution in [3.63, 3.8) is 0 Å². The van der Waals surface area contributed by atoms with Gasteiger partial charge in [0, 0.05) is 40.4 Å². The summed E-state index contributed by atoms with van der Waals surface area (Å²) in [7, 11) is 0. The summed E-state index contributed by atoms with van der Waals surface area (Å²) in [5.74, 6) is 1.01. The van der Waals surface area contributed by atoms with Crippen LogP contribution in [0.4, 0.5) is 5.69 Å². The summed E-state index contributed by atoms with van der Waals surface area (Å²) in [5.41, 5.74) is 2.27. The quantitative estimate of drug-likeness (QED) is 0.258. The lowest BCUT2D eigenvalue weighted by Gasteiger charge is -2.20. The second-order valence-electron chi connectivity index (χ2n) is 6.66. The molecule has 1 aromatic carbocycles. The number of thiophene rings is 1. The molecule has 0 N–H and O–H groups in total. The van der Waals surface area contributed by atoms with Gasteiger partial charge >= 0.3 is 0 Å². The van der Waals surface area contributed by atoms with E-state index in [0.29, 0.717) is 39.7 Å². The second-order valence-corrected chi connectivity index (χ2v) is 8.80. The minimum absolute atomic E-state index is 0.00532. The predicted octanol–water partition coefficient (Wildman–Crippen LogP) is 4.16. The summed E-state index contributed by atoms with van der Waals surface area (Å²) in [6.45, 7) is 6.71. The smallest absolute Gasteiger partial charge is 0.270 e. The third-order valence-electron chi connectivity index (χ3n) is 4.91. The number of hydrogen-bond donors (Lipinski definition) is 0. The molecule has 2 aromatic heterocycles. The Kier molecular flexibility index (Phi) is 5.32. The van der Waals surface area contributed by atoms with E-state index in [1.165, 1.54) is 35.2 Å². The monoisotopic (exact) mass is 433 g/mol. The number of benzene rings is 1. The highest BCUT2D eigenvalue weighted by atomic mass is 32.2. The van der Waals surface area contributed by atoms with Crippen LogP contribution in [-0.4, -0.2) is 21.3 Å². The maximum atomic E-state index is 13.0. The second kappa shape index (κ2) is 7.77. The molecule has 0 aliphatic carbocycles. The molecule has 8 nitrogen and oxygen atoms in total. The minimum Gasteiger partial charge on any atom is -0.467 e. The van der Waals surface area contributed by atoms with Crippen molar-refractivity contribution in [1.82, 2.24) is 9.55 Å². The molecule has 0 spiro atoms. The van der Waals surface area contributed by atoms with Crippen LogP contribution in [0.5, 0.6) is 5.75 Å². The van der Waals surface area contributed by atoms with Crippen molar-refractivity contribution >= 4 is 39.0 Å². The Balaban J connectivity index is 1.74. The summed E-state index contributed by atoms with van der Waals surface area (Å²) in [6.07, 6.45) is 0. The van der Waals surface area contributed by atoms with Crippen molar-refractivity contribution in [3.8, 4) is 5.75 Å². The first-order valence-electron chi connectivity index (χ1n) is 9.04. The Labute approximate surface area is 174 Å². The van der Waals surface area contributed by atoms with E-state index < -0.39 is 4.92 Å². The summed E-state index contributed by atoms with van der Waals surface area (Å²) < 4.78 is 12.5.